The molecule has 2 aliphatic heterocycles. The first-order valence-electron chi connectivity index (χ1n) is 9.59. The molecule has 1 aromatic heterocycles. The van der Waals surface area contributed by atoms with Crippen molar-refractivity contribution in [1.29, 1.82) is 0 Å². The highest BCUT2D eigenvalue weighted by Crippen LogP contribution is 2.36. The van der Waals surface area contributed by atoms with Gasteiger partial charge in [0.15, 0.2) is 17.8 Å². The summed E-state index contributed by atoms with van der Waals surface area (Å²) in [4.78, 5) is 11.2. The number of nitrogens with one attached hydrogen (secondary N) is 1. The lowest BCUT2D eigenvalue weighted by Gasteiger charge is -2.34. The summed E-state index contributed by atoms with van der Waals surface area (Å²) in [7, 11) is 3.22. The van der Waals surface area contributed by atoms with Crippen LogP contribution in [0.15, 0.2) is 34.8 Å². The van der Waals surface area contributed by atoms with Crippen molar-refractivity contribution in [2.45, 2.75) is 26.1 Å². The van der Waals surface area contributed by atoms with Crippen LogP contribution in [0.25, 0.3) is 10.9 Å². The number of aliphatic hydroxyl groups is 1. The molecule has 1 aromatic carbocycles. The van der Waals surface area contributed by atoms with Gasteiger partial charge in [-0.25, -0.2) is 9.97 Å². The highest BCUT2D eigenvalue weighted by molar-refractivity contribution is 5.93. The van der Waals surface area contributed by atoms with Crippen molar-refractivity contribution in [3.8, 4) is 11.5 Å². The van der Waals surface area contributed by atoms with Crippen molar-refractivity contribution >= 4 is 22.4 Å². The van der Waals surface area contributed by atoms with E-state index in [1.165, 1.54) is 5.57 Å². The van der Waals surface area contributed by atoms with Gasteiger partial charge in [0.25, 0.3) is 0 Å². The van der Waals surface area contributed by atoms with Crippen LogP contribution in [-0.2, 0) is 4.74 Å². The maximum absolute atomic E-state index is 10.1. The zero-order chi connectivity index (χ0) is 20.4. The van der Waals surface area contributed by atoms with Gasteiger partial charge in [-0.2, -0.15) is 5.10 Å². The largest absolute Gasteiger partial charge is 0.493 e. The average Bonchev–Trinajstić information content (AvgIpc) is 2.77. The first kappa shape index (κ1) is 19.4. The van der Waals surface area contributed by atoms with E-state index in [9.17, 15) is 5.11 Å². The second kappa shape index (κ2) is 8.22. The lowest BCUT2D eigenvalue weighted by atomic mass is 9.98. The molecule has 0 spiro atoms. The fourth-order valence-corrected chi connectivity index (χ4v) is 3.72. The fraction of sp³-hybridized carbons (Fsp3) is 0.450. The second-order valence-corrected chi connectivity index (χ2v) is 6.87. The number of ether oxygens (including phenoxy) is 3. The van der Waals surface area contributed by atoms with E-state index in [-0.39, 0.29) is 0 Å². The molecule has 1 unspecified atom stereocenters. The number of methoxy groups -OCH3 is 2. The molecule has 29 heavy (non-hydrogen) atoms. The quantitative estimate of drug-likeness (QED) is 0.710. The van der Waals surface area contributed by atoms with E-state index in [1.54, 1.807) is 20.5 Å². The molecule has 0 bridgehead atoms. The Hall–Kier alpha value is -2.91. The highest BCUT2D eigenvalue weighted by Gasteiger charge is 2.27. The van der Waals surface area contributed by atoms with E-state index >= 15 is 0 Å². The van der Waals surface area contributed by atoms with Crippen molar-refractivity contribution in [2.24, 2.45) is 5.10 Å². The molecule has 0 saturated carbocycles. The summed E-state index contributed by atoms with van der Waals surface area (Å²) in [6.45, 7) is 3.75. The van der Waals surface area contributed by atoms with E-state index in [2.05, 4.69) is 25.4 Å². The predicted octanol–water partition coefficient (Wildman–Crippen LogP) is 1.82. The van der Waals surface area contributed by atoms with Crippen molar-refractivity contribution in [1.82, 2.24) is 15.4 Å². The van der Waals surface area contributed by atoms with Crippen LogP contribution in [0.4, 0.5) is 5.82 Å². The molecular formula is C20H25N5O4. The Balaban J connectivity index is 1.62. The zero-order valence-corrected chi connectivity index (χ0v) is 16.8. The molecule has 0 fully saturated rings. The molecule has 0 amide bonds. The summed E-state index contributed by atoms with van der Waals surface area (Å²) in [5.74, 6) is 2.12. The summed E-state index contributed by atoms with van der Waals surface area (Å²) in [5.41, 5.74) is 6.74. The lowest BCUT2D eigenvalue weighted by Crippen LogP contribution is -2.39. The molecule has 9 heteroatoms. The smallest absolute Gasteiger partial charge is 0.196 e. The topological polar surface area (TPSA) is 101 Å². The number of aromatic nitrogens is 2. The molecular weight excluding hydrogens is 374 g/mol. The maximum Gasteiger partial charge on any atom is 0.196 e. The molecule has 0 saturated heterocycles. The Bertz CT molecular complexity index is 975. The zero-order valence-electron chi connectivity index (χ0n) is 16.8. The van der Waals surface area contributed by atoms with Crippen LogP contribution in [0.2, 0.25) is 0 Å². The number of hydrazone groups is 1. The van der Waals surface area contributed by atoms with E-state index in [0.29, 0.717) is 36.8 Å². The Labute approximate surface area is 169 Å². The minimum absolute atomic E-state index is 0.427. The molecule has 0 radical (unpaired) electrons. The van der Waals surface area contributed by atoms with Crippen molar-refractivity contribution < 1.29 is 19.3 Å². The summed E-state index contributed by atoms with van der Waals surface area (Å²) in [6.07, 6.45) is 1.96. The summed E-state index contributed by atoms with van der Waals surface area (Å²) >= 11 is 0. The second-order valence-electron chi connectivity index (χ2n) is 6.87. The van der Waals surface area contributed by atoms with Crippen molar-refractivity contribution in [2.75, 3.05) is 38.8 Å². The monoisotopic (exact) mass is 399 g/mol. The Morgan fingerprint density at radius 3 is 2.76 bits per heavy atom. The average molecular weight is 399 g/mol. The third-order valence-corrected chi connectivity index (χ3v) is 5.20. The van der Waals surface area contributed by atoms with Gasteiger partial charge >= 0.3 is 0 Å². The molecule has 0 aliphatic carbocycles. The third kappa shape index (κ3) is 3.70. The van der Waals surface area contributed by atoms with Crippen LogP contribution < -0.4 is 19.8 Å². The van der Waals surface area contributed by atoms with Crippen molar-refractivity contribution in [3.05, 3.63) is 29.7 Å². The fourth-order valence-electron chi connectivity index (χ4n) is 3.72. The molecule has 2 aromatic rings. The number of aliphatic hydroxyl groups excluding tert-OH is 1. The molecule has 1 atom stereocenters. The van der Waals surface area contributed by atoms with Gasteiger partial charge < -0.3 is 24.2 Å². The predicted molar refractivity (Wildman–Crippen MR) is 109 cm³/mol. The van der Waals surface area contributed by atoms with Gasteiger partial charge in [-0.05, 0) is 18.6 Å². The minimum atomic E-state index is -0.992. The number of rotatable bonds is 6. The Morgan fingerprint density at radius 2 is 2.00 bits per heavy atom. The summed E-state index contributed by atoms with van der Waals surface area (Å²) < 4.78 is 16.1. The normalized spacial score (nSPS) is 17.5. The molecule has 9 nitrogen and oxygen atoms in total. The molecule has 2 aliphatic rings. The van der Waals surface area contributed by atoms with Gasteiger partial charge in [0.05, 0.1) is 25.4 Å². The number of fused-ring (bicyclic) bond motifs is 1. The number of hydrogen-bond acceptors (Lipinski definition) is 9. The van der Waals surface area contributed by atoms with Crippen LogP contribution in [0.5, 0.6) is 11.5 Å². The van der Waals surface area contributed by atoms with Crippen LogP contribution in [0, 0.1) is 0 Å². The molecule has 2 N–H and O–H groups in total. The molecule has 3 heterocycles. The van der Waals surface area contributed by atoms with Gasteiger partial charge in [0, 0.05) is 49.7 Å². The number of nitrogens with zero attached hydrogens (tertiary/aromatic N) is 4. The van der Waals surface area contributed by atoms with Gasteiger partial charge in [-0.15, -0.1) is 0 Å². The highest BCUT2D eigenvalue weighted by atomic mass is 16.6. The van der Waals surface area contributed by atoms with Crippen LogP contribution in [0.3, 0.4) is 0 Å². The van der Waals surface area contributed by atoms with Gasteiger partial charge in [-0.1, -0.05) is 0 Å². The standard InChI is InChI=1S/C20H25N5O4/c1-4-29-20(26)16-7-12-10-25(6-5-14(12)23-24-16)19-13-8-17(27-2)18(28-3)9-15(13)21-11-22-19/h8-9,11,20,23,26H,4-7,10H2,1-3H3. The van der Waals surface area contributed by atoms with E-state index in [1.807, 2.05) is 19.1 Å². The summed E-state index contributed by atoms with van der Waals surface area (Å²) in [5, 5.41) is 15.3. The molecule has 4 rings (SSSR count). The van der Waals surface area contributed by atoms with E-state index < -0.39 is 6.29 Å². The van der Waals surface area contributed by atoms with E-state index in [0.717, 1.165) is 35.4 Å². The SMILES string of the molecule is CCOC(O)C1=NNC2=C(C1)CN(c1ncnc3cc(OC)c(OC)cc13)CC2. The Morgan fingerprint density at radius 1 is 1.21 bits per heavy atom. The first-order valence-corrected chi connectivity index (χ1v) is 9.59. The first-order chi connectivity index (χ1) is 14.1. The van der Waals surface area contributed by atoms with Gasteiger partial charge in [0.1, 0.15) is 12.1 Å². The van der Waals surface area contributed by atoms with Crippen molar-refractivity contribution in [3.63, 3.8) is 0 Å². The van der Waals surface area contributed by atoms with E-state index in [4.69, 9.17) is 14.2 Å². The van der Waals surface area contributed by atoms with Gasteiger partial charge in [-0.3, -0.25) is 5.43 Å². The number of hydrogen-bond donors (Lipinski definition) is 2. The summed E-state index contributed by atoms with van der Waals surface area (Å²) in [6, 6.07) is 3.78. The van der Waals surface area contributed by atoms with Crippen LogP contribution in [0.1, 0.15) is 19.8 Å². The third-order valence-electron chi connectivity index (χ3n) is 5.20. The maximum atomic E-state index is 10.1. The van der Waals surface area contributed by atoms with Crippen LogP contribution in [-0.4, -0.2) is 61.0 Å². The minimum Gasteiger partial charge on any atom is -0.493 e. The Kier molecular flexibility index (Phi) is 5.50. The van der Waals surface area contributed by atoms with Gasteiger partial charge in [0.2, 0.25) is 0 Å². The number of benzene rings is 1. The lowest BCUT2D eigenvalue weighted by molar-refractivity contribution is -0.0454. The molecule has 154 valence electrons. The van der Waals surface area contributed by atoms with Crippen LogP contribution >= 0.6 is 0 Å². The number of anilines is 1.